The van der Waals surface area contributed by atoms with Crippen molar-refractivity contribution in [2.24, 2.45) is 10.7 Å². The van der Waals surface area contributed by atoms with Crippen molar-refractivity contribution in [2.75, 3.05) is 51.1 Å². The maximum absolute atomic E-state index is 6.01. The summed E-state index contributed by atoms with van der Waals surface area (Å²) in [4.78, 5) is 9.54. The number of nitrogens with one attached hydrogen (secondary N) is 1. The van der Waals surface area contributed by atoms with Crippen LogP contribution < -0.4 is 11.1 Å². The second-order valence-corrected chi connectivity index (χ2v) is 7.16. The summed E-state index contributed by atoms with van der Waals surface area (Å²) in [6, 6.07) is 8.37. The minimum Gasteiger partial charge on any atom is -0.370 e. The number of anilines is 1. The molecule has 0 saturated carbocycles. The monoisotopic (exact) mass is 473 g/mol. The van der Waals surface area contributed by atoms with E-state index in [-0.39, 0.29) is 24.0 Å². The summed E-state index contributed by atoms with van der Waals surface area (Å²) in [5, 5.41) is 3.20. The maximum Gasteiger partial charge on any atom is 0.193 e. The van der Waals surface area contributed by atoms with Gasteiger partial charge in [0.05, 0.1) is 0 Å². The van der Waals surface area contributed by atoms with Gasteiger partial charge in [-0.25, -0.2) is 0 Å². The molecule has 1 aliphatic heterocycles. The Bertz CT molecular complexity index is 539. The summed E-state index contributed by atoms with van der Waals surface area (Å²) in [6.45, 7) is 14.6. The molecule has 6 heteroatoms. The van der Waals surface area contributed by atoms with E-state index in [1.165, 1.54) is 51.3 Å². The van der Waals surface area contributed by atoms with Crippen molar-refractivity contribution in [2.45, 2.75) is 39.5 Å². The minimum atomic E-state index is 0. The molecule has 0 spiro atoms. The van der Waals surface area contributed by atoms with Gasteiger partial charge in [0.15, 0.2) is 5.96 Å². The van der Waals surface area contributed by atoms with Gasteiger partial charge in [0.2, 0.25) is 0 Å². The third-order valence-corrected chi connectivity index (χ3v) is 4.90. The van der Waals surface area contributed by atoms with Gasteiger partial charge in [-0.2, -0.15) is 0 Å². The highest BCUT2D eigenvalue weighted by Crippen LogP contribution is 2.18. The topological polar surface area (TPSA) is 56.9 Å². The van der Waals surface area contributed by atoms with Crippen molar-refractivity contribution in [3.8, 4) is 0 Å². The number of hydrogen-bond donors (Lipinski definition) is 2. The number of aliphatic imine (C=N–C) groups is 1. The molecule has 3 N–H and O–H groups in total. The molecule has 1 aromatic rings. The Morgan fingerprint density at radius 3 is 2.50 bits per heavy atom. The molecule has 0 amide bonds. The molecule has 26 heavy (non-hydrogen) atoms. The lowest BCUT2D eigenvalue weighted by Crippen LogP contribution is -2.46. The summed E-state index contributed by atoms with van der Waals surface area (Å²) in [6.07, 6.45) is 2.27. The van der Waals surface area contributed by atoms with Crippen LogP contribution in [0.3, 0.4) is 0 Å². The van der Waals surface area contributed by atoms with Gasteiger partial charge in [-0.05, 0) is 49.5 Å². The molecule has 1 saturated heterocycles. The molecular weight excluding hydrogens is 437 g/mol. The predicted molar refractivity (Wildman–Crippen MR) is 124 cm³/mol. The van der Waals surface area contributed by atoms with Crippen molar-refractivity contribution in [3.63, 3.8) is 0 Å². The van der Waals surface area contributed by atoms with Crippen LogP contribution in [0, 0.1) is 0 Å². The summed E-state index contributed by atoms with van der Waals surface area (Å²) >= 11 is 0. The van der Waals surface area contributed by atoms with E-state index >= 15 is 0 Å². The summed E-state index contributed by atoms with van der Waals surface area (Å²) in [7, 11) is 0. The first-order valence-electron chi connectivity index (χ1n) is 9.70. The molecule has 1 fully saturated rings. The van der Waals surface area contributed by atoms with Crippen LogP contribution in [-0.4, -0.2) is 61.6 Å². The molecule has 0 aromatic heterocycles. The van der Waals surface area contributed by atoms with Crippen molar-refractivity contribution in [3.05, 3.63) is 29.8 Å². The molecule has 0 aliphatic carbocycles. The van der Waals surface area contributed by atoms with Crippen LogP contribution in [0.5, 0.6) is 0 Å². The predicted octanol–water partition coefficient (Wildman–Crippen LogP) is 3.57. The maximum atomic E-state index is 6.01. The minimum absolute atomic E-state index is 0. The zero-order chi connectivity index (χ0) is 18.1. The second-order valence-electron chi connectivity index (χ2n) is 7.16. The molecule has 1 heterocycles. The molecule has 0 radical (unpaired) electrons. The zero-order valence-corrected chi connectivity index (χ0v) is 18.9. The Morgan fingerprint density at radius 1 is 1.15 bits per heavy atom. The fourth-order valence-corrected chi connectivity index (χ4v) is 3.14. The summed E-state index contributed by atoms with van der Waals surface area (Å²) < 4.78 is 0. The Morgan fingerprint density at radius 2 is 1.85 bits per heavy atom. The van der Waals surface area contributed by atoms with Crippen LogP contribution in [0.2, 0.25) is 0 Å². The lowest BCUT2D eigenvalue weighted by molar-refractivity contribution is 0.136. The smallest absolute Gasteiger partial charge is 0.193 e. The lowest BCUT2D eigenvalue weighted by atomic mass is 10.0. The zero-order valence-electron chi connectivity index (χ0n) is 16.6. The third kappa shape index (κ3) is 8.22. The fraction of sp³-hybridized carbons (Fsp3) is 0.650. The Kier molecular flexibility index (Phi) is 11.2. The first kappa shape index (κ1) is 23.2. The van der Waals surface area contributed by atoms with Gasteiger partial charge in [-0.3, -0.25) is 4.99 Å². The number of benzene rings is 1. The second kappa shape index (κ2) is 12.5. The number of nitrogens with zero attached hydrogens (tertiary/aromatic N) is 3. The van der Waals surface area contributed by atoms with Crippen molar-refractivity contribution < 1.29 is 0 Å². The van der Waals surface area contributed by atoms with Crippen LogP contribution in [-0.2, 0) is 0 Å². The van der Waals surface area contributed by atoms with E-state index in [1.54, 1.807) is 0 Å². The lowest BCUT2D eigenvalue weighted by Gasteiger charge is -2.33. The average molecular weight is 473 g/mol. The van der Waals surface area contributed by atoms with E-state index in [9.17, 15) is 0 Å². The number of piperazine rings is 1. The van der Waals surface area contributed by atoms with Crippen LogP contribution in [0.15, 0.2) is 29.3 Å². The largest absolute Gasteiger partial charge is 0.370 e. The van der Waals surface area contributed by atoms with Crippen molar-refractivity contribution in [1.29, 1.82) is 0 Å². The summed E-state index contributed by atoms with van der Waals surface area (Å²) in [5.41, 5.74) is 8.33. The number of guanidine groups is 1. The number of hydrogen-bond acceptors (Lipinski definition) is 3. The number of unbranched alkanes of at least 4 members (excludes halogenated alkanes) is 1. The van der Waals surface area contributed by atoms with Crippen LogP contribution >= 0.6 is 24.0 Å². The van der Waals surface area contributed by atoms with Crippen LogP contribution in [0.25, 0.3) is 0 Å². The van der Waals surface area contributed by atoms with Gasteiger partial charge in [-0.15, -0.1) is 24.0 Å². The van der Waals surface area contributed by atoms with Gasteiger partial charge in [0.1, 0.15) is 0 Å². The van der Waals surface area contributed by atoms with E-state index in [0.717, 1.165) is 18.7 Å². The normalized spacial score (nSPS) is 16.5. The molecular formula is C20H36IN5. The van der Waals surface area contributed by atoms with Gasteiger partial charge in [0.25, 0.3) is 0 Å². The standard InChI is InChI=1S/C20H35N5.HI/c1-4-24-12-14-25(15-13-24)11-6-5-10-22-20(21)23-19-9-7-8-18(16-19)17(2)3;/h7-9,16-17H,4-6,10-15H2,1-3H3,(H3,21,22,23);1H. The Hall–Kier alpha value is -0.860. The molecule has 2 rings (SSSR count). The Balaban J connectivity index is 0.00000338. The van der Waals surface area contributed by atoms with Gasteiger partial charge < -0.3 is 20.9 Å². The van der Waals surface area contributed by atoms with Gasteiger partial charge >= 0.3 is 0 Å². The van der Waals surface area contributed by atoms with E-state index < -0.39 is 0 Å². The molecule has 148 valence electrons. The molecule has 0 atom stereocenters. The molecule has 1 aromatic carbocycles. The van der Waals surface area contributed by atoms with E-state index in [0.29, 0.717) is 11.9 Å². The average Bonchev–Trinajstić information content (AvgIpc) is 2.62. The molecule has 1 aliphatic rings. The number of rotatable bonds is 8. The molecule has 0 unspecified atom stereocenters. The van der Waals surface area contributed by atoms with Crippen LogP contribution in [0.4, 0.5) is 5.69 Å². The van der Waals surface area contributed by atoms with Crippen molar-refractivity contribution >= 4 is 35.6 Å². The first-order chi connectivity index (χ1) is 12.1. The highest BCUT2D eigenvalue weighted by atomic mass is 127. The number of nitrogens with two attached hydrogens (primary N) is 1. The number of likely N-dealkylation sites (N-methyl/N-ethyl adjacent to an activating group) is 1. The fourth-order valence-electron chi connectivity index (χ4n) is 3.14. The van der Waals surface area contributed by atoms with E-state index in [1.807, 2.05) is 6.07 Å². The van der Waals surface area contributed by atoms with Crippen molar-refractivity contribution in [1.82, 2.24) is 9.80 Å². The van der Waals surface area contributed by atoms with Crippen LogP contribution in [0.1, 0.15) is 45.1 Å². The highest BCUT2D eigenvalue weighted by Gasteiger charge is 2.14. The summed E-state index contributed by atoms with van der Waals surface area (Å²) in [5.74, 6) is 1.02. The highest BCUT2D eigenvalue weighted by molar-refractivity contribution is 14.0. The van der Waals surface area contributed by atoms with E-state index in [2.05, 4.69) is 59.1 Å². The Labute approximate surface area is 176 Å². The number of halogens is 1. The van der Waals surface area contributed by atoms with Gasteiger partial charge in [-0.1, -0.05) is 32.9 Å². The third-order valence-electron chi connectivity index (χ3n) is 4.90. The SMILES string of the molecule is CCN1CCN(CCCCN=C(N)Nc2cccc(C(C)C)c2)CC1.I. The molecule has 5 nitrogen and oxygen atoms in total. The van der Waals surface area contributed by atoms with E-state index in [4.69, 9.17) is 5.73 Å². The molecule has 0 bridgehead atoms. The first-order valence-corrected chi connectivity index (χ1v) is 9.70. The quantitative estimate of drug-likeness (QED) is 0.262. The van der Waals surface area contributed by atoms with Gasteiger partial charge in [0, 0.05) is 38.4 Å².